The first-order chi connectivity index (χ1) is 16.1. The van der Waals surface area contributed by atoms with Gasteiger partial charge in [0.2, 0.25) is 0 Å². The van der Waals surface area contributed by atoms with E-state index in [0.717, 1.165) is 21.2 Å². The number of pyridine rings is 1. The summed E-state index contributed by atoms with van der Waals surface area (Å²) >= 11 is 7.45. The lowest BCUT2D eigenvalue weighted by Gasteiger charge is -2.12. The van der Waals surface area contributed by atoms with E-state index in [-0.39, 0.29) is 5.91 Å². The Bertz CT molecular complexity index is 1520. The quantitative estimate of drug-likeness (QED) is 0.317. The molecule has 3 aromatic carbocycles. The summed E-state index contributed by atoms with van der Waals surface area (Å²) in [5.74, 6) is 0.945. The zero-order valence-electron chi connectivity index (χ0n) is 17.8. The third-order valence-electron chi connectivity index (χ3n) is 5.21. The molecule has 0 saturated heterocycles. The highest BCUT2D eigenvalue weighted by molar-refractivity contribution is 7.22. The van der Waals surface area contributed by atoms with Crippen molar-refractivity contribution in [1.82, 2.24) is 9.97 Å². The molecule has 5 aromatic rings. The number of aromatic nitrogens is 2. The number of ether oxygens (including phenoxy) is 2. The molecule has 0 spiro atoms. The Morgan fingerprint density at radius 3 is 2.55 bits per heavy atom. The van der Waals surface area contributed by atoms with Gasteiger partial charge in [-0.2, -0.15) is 0 Å². The van der Waals surface area contributed by atoms with E-state index in [1.165, 1.54) is 11.3 Å². The molecule has 0 fully saturated rings. The SMILES string of the molecule is COc1ccc(-c2cc(C(=O)Nc3nc4ccc(Cl)cc4s3)c3ccccc3n2)cc1OC. The fourth-order valence-electron chi connectivity index (χ4n) is 3.62. The number of rotatable bonds is 5. The molecule has 0 aliphatic carbocycles. The van der Waals surface area contributed by atoms with Crippen molar-refractivity contribution in [2.45, 2.75) is 0 Å². The van der Waals surface area contributed by atoms with Crippen LogP contribution in [0.4, 0.5) is 5.13 Å². The number of anilines is 1. The molecule has 164 valence electrons. The van der Waals surface area contributed by atoms with Crippen LogP contribution in [0.1, 0.15) is 10.4 Å². The zero-order valence-corrected chi connectivity index (χ0v) is 19.3. The average Bonchev–Trinajstić information content (AvgIpc) is 3.23. The second-order valence-corrected chi connectivity index (χ2v) is 8.69. The normalized spacial score (nSPS) is 11.0. The summed E-state index contributed by atoms with van der Waals surface area (Å²) in [4.78, 5) is 22.6. The molecular formula is C25H18ClN3O3S. The third-order valence-corrected chi connectivity index (χ3v) is 6.38. The summed E-state index contributed by atoms with van der Waals surface area (Å²) < 4.78 is 11.7. The van der Waals surface area contributed by atoms with Crippen LogP contribution in [-0.4, -0.2) is 30.1 Å². The number of carbonyl (C=O) groups excluding carboxylic acids is 1. The van der Waals surface area contributed by atoms with Gasteiger partial charge in [-0.15, -0.1) is 0 Å². The number of nitrogens with zero attached hydrogens (tertiary/aromatic N) is 2. The van der Waals surface area contributed by atoms with E-state index in [2.05, 4.69) is 10.3 Å². The maximum atomic E-state index is 13.3. The van der Waals surface area contributed by atoms with Gasteiger partial charge in [0.1, 0.15) is 0 Å². The Morgan fingerprint density at radius 2 is 1.73 bits per heavy atom. The van der Waals surface area contributed by atoms with Gasteiger partial charge in [0, 0.05) is 16.0 Å². The van der Waals surface area contributed by atoms with Crippen molar-refractivity contribution >= 4 is 55.1 Å². The van der Waals surface area contributed by atoms with E-state index in [9.17, 15) is 4.79 Å². The van der Waals surface area contributed by atoms with Crippen molar-refractivity contribution in [3.8, 4) is 22.8 Å². The molecule has 1 N–H and O–H groups in total. The lowest BCUT2D eigenvalue weighted by Crippen LogP contribution is -2.13. The molecule has 0 bridgehead atoms. The number of hydrogen-bond donors (Lipinski definition) is 1. The number of carbonyl (C=O) groups is 1. The van der Waals surface area contributed by atoms with Gasteiger partial charge < -0.3 is 9.47 Å². The molecule has 0 radical (unpaired) electrons. The first-order valence-corrected chi connectivity index (χ1v) is 11.2. The number of para-hydroxylation sites is 1. The third kappa shape index (κ3) is 4.08. The summed E-state index contributed by atoms with van der Waals surface area (Å²) in [6.45, 7) is 0. The van der Waals surface area contributed by atoms with Gasteiger partial charge in [0.15, 0.2) is 16.6 Å². The minimum atomic E-state index is -0.263. The number of thiazole rings is 1. The van der Waals surface area contributed by atoms with E-state index in [4.69, 9.17) is 26.1 Å². The molecule has 1 amide bonds. The van der Waals surface area contributed by atoms with Crippen LogP contribution in [-0.2, 0) is 0 Å². The number of halogens is 1. The molecule has 0 unspecified atom stereocenters. The Hall–Kier alpha value is -3.68. The second-order valence-electron chi connectivity index (χ2n) is 7.23. The maximum Gasteiger partial charge on any atom is 0.258 e. The van der Waals surface area contributed by atoms with Gasteiger partial charge >= 0.3 is 0 Å². The molecule has 2 aromatic heterocycles. The molecular weight excluding hydrogens is 458 g/mol. The topological polar surface area (TPSA) is 73.3 Å². The van der Waals surface area contributed by atoms with E-state index >= 15 is 0 Å². The van der Waals surface area contributed by atoms with Crippen molar-refractivity contribution in [2.24, 2.45) is 0 Å². The number of fused-ring (bicyclic) bond motifs is 2. The van der Waals surface area contributed by atoms with E-state index < -0.39 is 0 Å². The second kappa shape index (κ2) is 8.69. The Kier molecular flexibility index (Phi) is 5.58. The number of benzene rings is 3. The fourth-order valence-corrected chi connectivity index (χ4v) is 4.76. The van der Waals surface area contributed by atoms with Crippen LogP contribution < -0.4 is 14.8 Å². The first kappa shape index (κ1) is 21.2. The first-order valence-electron chi connectivity index (χ1n) is 10.1. The standard InChI is InChI=1S/C25H18ClN3O3S/c1-31-21-10-7-14(11-22(21)32-2)20-13-17(16-5-3-4-6-18(16)27-20)24(30)29-25-28-19-9-8-15(26)12-23(19)33-25/h3-13H,1-2H3,(H,28,29,30). The Labute approximate surface area is 198 Å². The zero-order chi connectivity index (χ0) is 22.9. The molecule has 5 rings (SSSR count). The van der Waals surface area contributed by atoms with Crippen LogP contribution in [0.5, 0.6) is 11.5 Å². The van der Waals surface area contributed by atoms with Crippen molar-refractivity contribution in [1.29, 1.82) is 0 Å². The van der Waals surface area contributed by atoms with E-state index in [0.29, 0.717) is 38.4 Å². The molecule has 0 saturated carbocycles. The number of nitrogens with one attached hydrogen (secondary N) is 1. The molecule has 8 heteroatoms. The summed E-state index contributed by atoms with van der Waals surface area (Å²) in [6.07, 6.45) is 0. The number of methoxy groups -OCH3 is 2. The maximum absolute atomic E-state index is 13.3. The van der Waals surface area contributed by atoms with Crippen molar-refractivity contribution < 1.29 is 14.3 Å². The lowest BCUT2D eigenvalue weighted by atomic mass is 10.0. The van der Waals surface area contributed by atoms with Crippen LogP contribution in [0.15, 0.2) is 66.7 Å². The molecule has 33 heavy (non-hydrogen) atoms. The van der Waals surface area contributed by atoms with Crippen molar-refractivity contribution in [2.75, 3.05) is 19.5 Å². The lowest BCUT2D eigenvalue weighted by molar-refractivity contribution is 0.102. The smallest absolute Gasteiger partial charge is 0.258 e. The Balaban J connectivity index is 1.57. The Morgan fingerprint density at radius 1 is 0.909 bits per heavy atom. The predicted octanol–water partition coefficient (Wildman–Crippen LogP) is 6.43. The highest BCUT2D eigenvalue weighted by Gasteiger charge is 2.17. The van der Waals surface area contributed by atoms with Crippen molar-refractivity contribution in [3.63, 3.8) is 0 Å². The van der Waals surface area contributed by atoms with Crippen LogP contribution in [0.25, 0.3) is 32.4 Å². The van der Waals surface area contributed by atoms with E-state index in [1.54, 1.807) is 26.4 Å². The van der Waals surface area contributed by atoms with Crippen molar-refractivity contribution in [3.05, 3.63) is 77.3 Å². The average molecular weight is 476 g/mol. The fraction of sp³-hybridized carbons (Fsp3) is 0.0800. The minimum Gasteiger partial charge on any atom is -0.493 e. The summed E-state index contributed by atoms with van der Waals surface area (Å²) in [7, 11) is 3.17. The molecule has 0 atom stereocenters. The monoisotopic (exact) mass is 475 g/mol. The van der Waals surface area contributed by atoms with Gasteiger partial charge in [-0.25, -0.2) is 9.97 Å². The van der Waals surface area contributed by atoms with Crippen LogP contribution in [0.3, 0.4) is 0 Å². The minimum absolute atomic E-state index is 0.263. The molecule has 0 aliphatic heterocycles. The summed E-state index contributed by atoms with van der Waals surface area (Å²) in [5, 5.41) is 4.82. The largest absolute Gasteiger partial charge is 0.493 e. The highest BCUT2D eigenvalue weighted by Crippen LogP contribution is 2.34. The van der Waals surface area contributed by atoms with Gasteiger partial charge in [-0.05, 0) is 48.5 Å². The van der Waals surface area contributed by atoms with Gasteiger partial charge in [0.25, 0.3) is 5.91 Å². The van der Waals surface area contributed by atoms with Gasteiger partial charge in [0.05, 0.1) is 41.2 Å². The van der Waals surface area contributed by atoms with Crippen LogP contribution in [0, 0.1) is 0 Å². The highest BCUT2D eigenvalue weighted by atomic mass is 35.5. The van der Waals surface area contributed by atoms with Gasteiger partial charge in [-0.1, -0.05) is 41.1 Å². The molecule has 0 aliphatic rings. The van der Waals surface area contributed by atoms with E-state index in [1.807, 2.05) is 54.6 Å². The summed E-state index contributed by atoms with van der Waals surface area (Å²) in [5.41, 5.74) is 3.46. The molecule has 6 nitrogen and oxygen atoms in total. The summed E-state index contributed by atoms with van der Waals surface area (Å²) in [6, 6.07) is 20.3. The van der Waals surface area contributed by atoms with Crippen LogP contribution in [0.2, 0.25) is 5.02 Å². The van der Waals surface area contributed by atoms with Crippen LogP contribution >= 0.6 is 22.9 Å². The number of amides is 1. The number of hydrogen-bond acceptors (Lipinski definition) is 6. The van der Waals surface area contributed by atoms with Gasteiger partial charge in [-0.3, -0.25) is 10.1 Å². The molecule has 2 heterocycles. The predicted molar refractivity (Wildman–Crippen MR) is 133 cm³/mol.